The van der Waals surface area contributed by atoms with Crippen molar-refractivity contribution in [3.63, 3.8) is 0 Å². The molecule has 0 amide bonds. The van der Waals surface area contributed by atoms with E-state index in [0.717, 1.165) is 0 Å². The van der Waals surface area contributed by atoms with E-state index in [2.05, 4.69) is 4.98 Å². The standard InChI is InChI=1S/C12H6F3NOS/c13-12(14,15)11-16-10-7-3-1-2-4-8(7)17-6-5-9(10)18-11/h1-6H. The minimum absolute atomic E-state index is 0.316. The fourth-order valence-electron chi connectivity index (χ4n) is 1.69. The molecule has 0 fully saturated rings. The van der Waals surface area contributed by atoms with Crippen LogP contribution in [0.5, 0.6) is 5.75 Å². The zero-order chi connectivity index (χ0) is 12.8. The van der Waals surface area contributed by atoms with Crippen molar-refractivity contribution in [1.82, 2.24) is 4.98 Å². The van der Waals surface area contributed by atoms with Crippen LogP contribution in [0, 0.1) is 0 Å². The van der Waals surface area contributed by atoms with Crippen LogP contribution in [0.15, 0.2) is 30.5 Å². The van der Waals surface area contributed by atoms with E-state index in [9.17, 15) is 13.2 Å². The zero-order valence-corrected chi connectivity index (χ0v) is 9.68. The van der Waals surface area contributed by atoms with Gasteiger partial charge in [-0.3, -0.25) is 0 Å². The van der Waals surface area contributed by atoms with Crippen LogP contribution >= 0.6 is 11.3 Å². The van der Waals surface area contributed by atoms with Gasteiger partial charge in [0.25, 0.3) is 0 Å². The lowest BCUT2D eigenvalue weighted by Gasteiger charge is -2.04. The van der Waals surface area contributed by atoms with E-state index in [1.165, 1.54) is 12.3 Å². The lowest BCUT2D eigenvalue weighted by molar-refractivity contribution is -0.137. The number of aromatic nitrogens is 1. The summed E-state index contributed by atoms with van der Waals surface area (Å²) in [4.78, 5) is 4.14. The smallest absolute Gasteiger partial charge is 0.443 e. The number of para-hydroxylation sites is 1. The number of ether oxygens (including phenoxy) is 1. The molecule has 1 aromatic carbocycles. The number of fused-ring (bicyclic) bond motifs is 3. The van der Waals surface area contributed by atoms with E-state index >= 15 is 0 Å². The van der Waals surface area contributed by atoms with Crippen LogP contribution in [0.3, 0.4) is 0 Å². The molecule has 0 unspecified atom stereocenters. The van der Waals surface area contributed by atoms with Crippen LogP contribution in [0.1, 0.15) is 9.88 Å². The highest BCUT2D eigenvalue weighted by Crippen LogP contribution is 2.41. The van der Waals surface area contributed by atoms with Gasteiger partial charge in [0, 0.05) is 5.56 Å². The topological polar surface area (TPSA) is 22.1 Å². The van der Waals surface area contributed by atoms with Crippen molar-refractivity contribution in [2.45, 2.75) is 6.18 Å². The van der Waals surface area contributed by atoms with Gasteiger partial charge in [0.15, 0.2) is 5.01 Å². The van der Waals surface area contributed by atoms with Gasteiger partial charge in [-0.25, -0.2) is 4.98 Å². The number of rotatable bonds is 0. The molecule has 1 aliphatic heterocycles. The molecule has 0 saturated heterocycles. The van der Waals surface area contributed by atoms with Crippen molar-refractivity contribution in [2.75, 3.05) is 0 Å². The Labute approximate surface area is 104 Å². The average Bonchev–Trinajstić information content (AvgIpc) is 2.67. The number of hydrogen-bond donors (Lipinski definition) is 0. The second-order valence-electron chi connectivity index (χ2n) is 3.65. The Bertz CT molecular complexity index is 630. The van der Waals surface area contributed by atoms with Crippen molar-refractivity contribution < 1.29 is 17.9 Å². The second-order valence-corrected chi connectivity index (χ2v) is 4.68. The number of alkyl halides is 3. The number of thiazole rings is 1. The quantitative estimate of drug-likeness (QED) is 0.715. The van der Waals surface area contributed by atoms with Crippen LogP contribution in [-0.4, -0.2) is 4.98 Å². The van der Waals surface area contributed by atoms with Crippen LogP contribution in [0.25, 0.3) is 17.3 Å². The number of hydrogen-bond acceptors (Lipinski definition) is 3. The molecule has 3 rings (SSSR count). The summed E-state index contributed by atoms with van der Waals surface area (Å²) in [5, 5.41) is -0.839. The van der Waals surface area contributed by atoms with Gasteiger partial charge in [-0.1, -0.05) is 12.1 Å². The molecule has 1 aliphatic rings. The molecule has 0 spiro atoms. The molecule has 0 aliphatic carbocycles. The van der Waals surface area contributed by atoms with Crippen molar-refractivity contribution >= 4 is 17.4 Å². The summed E-state index contributed by atoms with van der Waals surface area (Å²) in [5.74, 6) is 0.506. The molecule has 1 aromatic heterocycles. The van der Waals surface area contributed by atoms with Gasteiger partial charge < -0.3 is 4.74 Å². The predicted octanol–water partition coefficient (Wildman–Crippen LogP) is 4.19. The number of benzene rings is 1. The monoisotopic (exact) mass is 269 g/mol. The van der Waals surface area contributed by atoms with Crippen LogP contribution in [0.4, 0.5) is 13.2 Å². The van der Waals surface area contributed by atoms with Crippen molar-refractivity contribution in [3.8, 4) is 17.0 Å². The molecule has 2 nitrogen and oxygen atoms in total. The highest BCUT2D eigenvalue weighted by Gasteiger charge is 2.36. The molecular weight excluding hydrogens is 263 g/mol. The molecule has 2 heterocycles. The maximum atomic E-state index is 12.6. The Balaban J connectivity index is 2.22. The Morgan fingerprint density at radius 3 is 2.72 bits per heavy atom. The Morgan fingerprint density at radius 1 is 1.17 bits per heavy atom. The van der Waals surface area contributed by atoms with Gasteiger partial charge in [-0.2, -0.15) is 13.2 Å². The molecule has 0 atom stereocenters. The van der Waals surface area contributed by atoms with E-state index in [0.29, 0.717) is 33.2 Å². The van der Waals surface area contributed by atoms with Gasteiger partial charge in [0.1, 0.15) is 5.75 Å². The van der Waals surface area contributed by atoms with Crippen LogP contribution in [-0.2, 0) is 6.18 Å². The summed E-state index contributed by atoms with van der Waals surface area (Å²) in [5.41, 5.74) is 0.890. The van der Waals surface area contributed by atoms with Gasteiger partial charge in [0.05, 0.1) is 16.8 Å². The first-order valence-corrected chi connectivity index (χ1v) is 5.88. The molecule has 0 N–H and O–H groups in total. The first-order valence-electron chi connectivity index (χ1n) is 5.06. The summed E-state index contributed by atoms with van der Waals surface area (Å²) in [7, 11) is 0. The zero-order valence-electron chi connectivity index (χ0n) is 8.86. The fraction of sp³-hybridized carbons (Fsp3) is 0.0833. The van der Waals surface area contributed by atoms with E-state index in [-0.39, 0.29) is 0 Å². The van der Waals surface area contributed by atoms with Gasteiger partial charge in [-0.05, 0) is 18.2 Å². The van der Waals surface area contributed by atoms with E-state index in [4.69, 9.17) is 4.74 Å². The molecule has 2 aromatic rings. The van der Waals surface area contributed by atoms with E-state index in [1.807, 2.05) is 0 Å². The summed E-state index contributed by atoms with van der Waals surface area (Å²) in [6.45, 7) is 0. The third-order valence-corrected chi connectivity index (χ3v) is 3.52. The molecule has 18 heavy (non-hydrogen) atoms. The van der Waals surface area contributed by atoms with Crippen molar-refractivity contribution in [2.24, 2.45) is 0 Å². The summed E-state index contributed by atoms with van der Waals surface area (Å²) in [6.07, 6.45) is -1.54. The second kappa shape index (κ2) is 3.84. The Kier molecular flexibility index (Phi) is 2.41. The number of nitrogens with zero attached hydrogens (tertiary/aromatic N) is 1. The molecule has 0 bridgehead atoms. The molecule has 0 saturated carbocycles. The normalized spacial score (nSPS) is 13.5. The number of halogens is 3. The van der Waals surface area contributed by atoms with Gasteiger partial charge in [-0.15, -0.1) is 11.3 Å². The lowest BCUT2D eigenvalue weighted by Crippen LogP contribution is -2.03. The maximum Gasteiger partial charge on any atom is 0.443 e. The SMILES string of the molecule is FC(F)(F)c1nc2c(s1)C=COc1ccccc1-2. The third kappa shape index (κ3) is 1.78. The first kappa shape index (κ1) is 11.3. The summed E-state index contributed by atoms with van der Waals surface area (Å²) >= 11 is 0.616. The fourth-order valence-corrected chi connectivity index (χ4v) is 2.53. The van der Waals surface area contributed by atoms with Crippen molar-refractivity contribution in [1.29, 1.82) is 0 Å². The highest BCUT2D eigenvalue weighted by atomic mass is 32.1. The molecule has 6 heteroatoms. The summed E-state index contributed by atoms with van der Waals surface area (Å²) < 4.78 is 43.3. The lowest BCUT2D eigenvalue weighted by atomic mass is 10.1. The van der Waals surface area contributed by atoms with E-state index in [1.54, 1.807) is 24.3 Å². The maximum absolute atomic E-state index is 12.6. The molecule has 0 radical (unpaired) electrons. The average molecular weight is 269 g/mol. The predicted molar refractivity (Wildman–Crippen MR) is 62.2 cm³/mol. The van der Waals surface area contributed by atoms with Crippen LogP contribution < -0.4 is 4.74 Å². The Hall–Kier alpha value is -1.82. The third-order valence-electron chi connectivity index (χ3n) is 2.45. The van der Waals surface area contributed by atoms with Crippen molar-refractivity contribution in [3.05, 3.63) is 40.4 Å². The largest absolute Gasteiger partial charge is 0.464 e. The highest BCUT2D eigenvalue weighted by molar-refractivity contribution is 7.13. The summed E-state index contributed by atoms with van der Waals surface area (Å²) in [6, 6.07) is 6.89. The molecule has 92 valence electrons. The minimum Gasteiger partial charge on any atom is -0.464 e. The Morgan fingerprint density at radius 2 is 1.94 bits per heavy atom. The van der Waals surface area contributed by atoms with Gasteiger partial charge in [0.2, 0.25) is 0 Å². The van der Waals surface area contributed by atoms with Crippen LogP contribution in [0.2, 0.25) is 0 Å². The first-order chi connectivity index (χ1) is 8.55. The molecular formula is C12H6F3NOS. The van der Waals surface area contributed by atoms with E-state index < -0.39 is 11.2 Å². The minimum atomic E-state index is -4.42. The van der Waals surface area contributed by atoms with Gasteiger partial charge >= 0.3 is 6.18 Å².